The van der Waals surface area contributed by atoms with E-state index < -0.39 is 0 Å². The number of rotatable bonds is 2. The van der Waals surface area contributed by atoms with Gasteiger partial charge in [0, 0.05) is 41.0 Å². The number of hydrogen-bond acceptors (Lipinski definition) is 2. The minimum absolute atomic E-state index is 0.111. The molecule has 104 valence electrons. The highest BCUT2D eigenvalue weighted by molar-refractivity contribution is 6.31. The first-order chi connectivity index (χ1) is 10.1. The van der Waals surface area contributed by atoms with Gasteiger partial charge in [-0.05, 0) is 35.2 Å². The summed E-state index contributed by atoms with van der Waals surface area (Å²) < 4.78 is 0. The third-order valence-electron chi connectivity index (χ3n) is 3.26. The van der Waals surface area contributed by atoms with Crippen molar-refractivity contribution in [1.82, 2.24) is 4.98 Å². The quantitative estimate of drug-likeness (QED) is 0.756. The monoisotopic (exact) mass is 296 g/mol. The molecule has 3 nitrogen and oxygen atoms in total. The number of carbonyl (C=O) groups is 1. The summed E-state index contributed by atoms with van der Waals surface area (Å²) in [7, 11) is 0. The number of carbonyl (C=O) groups excluding carboxylic acids is 1. The molecule has 0 atom stereocenters. The molecule has 1 aromatic heterocycles. The van der Waals surface area contributed by atoms with E-state index in [0.717, 1.165) is 27.6 Å². The lowest BCUT2D eigenvalue weighted by atomic mass is 9.98. The third-order valence-corrected chi connectivity index (χ3v) is 3.50. The van der Waals surface area contributed by atoms with E-state index in [2.05, 4.69) is 10.3 Å². The molecule has 3 rings (SSSR count). The fourth-order valence-electron chi connectivity index (χ4n) is 2.40. The van der Waals surface area contributed by atoms with E-state index >= 15 is 0 Å². The Labute approximate surface area is 127 Å². The second-order valence-corrected chi connectivity index (χ2v) is 5.21. The van der Waals surface area contributed by atoms with Crippen molar-refractivity contribution >= 4 is 34.0 Å². The van der Waals surface area contributed by atoms with Crippen molar-refractivity contribution in [3.63, 3.8) is 0 Å². The first-order valence-electron chi connectivity index (χ1n) is 6.55. The summed E-state index contributed by atoms with van der Waals surface area (Å²) in [4.78, 5) is 15.5. The van der Waals surface area contributed by atoms with Gasteiger partial charge in [0.15, 0.2) is 0 Å². The highest BCUT2D eigenvalue weighted by atomic mass is 35.5. The van der Waals surface area contributed by atoms with Crippen LogP contribution in [0.25, 0.3) is 21.9 Å². The second-order valence-electron chi connectivity index (χ2n) is 4.77. The van der Waals surface area contributed by atoms with Crippen molar-refractivity contribution in [2.45, 2.75) is 6.92 Å². The lowest BCUT2D eigenvalue weighted by Gasteiger charge is -2.13. The number of pyridine rings is 1. The lowest BCUT2D eigenvalue weighted by molar-refractivity contribution is -0.114. The molecule has 1 heterocycles. The van der Waals surface area contributed by atoms with E-state index in [-0.39, 0.29) is 5.91 Å². The van der Waals surface area contributed by atoms with Gasteiger partial charge in [-0.25, -0.2) is 0 Å². The van der Waals surface area contributed by atoms with Gasteiger partial charge in [-0.2, -0.15) is 0 Å². The maximum Gasteiger partial charge on any atom is 0.221 e. The molecule has 3 aromatic rings. The summed E-state index contributed by atoms with van der Waals surface area (Å²) in [5, 5.41) is 5.60. The smallest absolute Gasteiger partial charge is 0.221 e. The number of halogens is 1. The van der Waals surface area contributed by atoms with E-state index in [4.69, 9.17) is 11.6 Å². The Morgan fingerprint density at radius 2 is 2.00 bits per heavy atom. The number of fused-ring (bicyclic) bond motifs is 1. The van der Waals surface area contributed by atoms with Gasteiger partial charge in [-0.3, -0.25) is 9.78 Å². The molecule has 0 radical (unpaired) electrons. The second kappa shape index (κ2) is 5.54. The van der Waals surface area contributed by atoms with Gasteiger partial charge in [-0.15, -0.1) is 0 Å². The number of nitrogens with one attached hydrogen (secondary N) is 1. The van der Waals surface area contributed by atoms with Crippen LogP contribution in [0.3, 0.4) is 0 Å². The summed E-state index contributed by atoms with van der Waals surface area (Å²) in [6.45, 7) is 1.49. The molecule has 0 unspecified atom stereocenters. The van der Waals surface area contributed by atoms with Crippen LogP contribution in [0.4, 0.5) is 5.69 Å². The van der Waals surface area contributed by atoms with Crippen LogP contribution in [-0.2, 0) is 4.79 Å². The van der Waals surface area contributed by atoms with E-state index in [9.17, 15) is 4.79 Å². The van der Waals surface area contributed by atoms with Crippen molar-refractivity contribution in [2.24, 2.45) is 0 Å². The lowest BCUT2D eigenvalue weighted by Crippen LogP contribution is -2.06. The van der Waals surface area contributed by atoms with Crippen LogP contribution in [-0.4, -0.2) is 10.9 Å². The first kappa shape index (κ1) is 13.6. The summed E-state index contributed by atoms with van der Waals surface area (Å²) in [5.74, 6) is -0.111. The Morgan fingerprint density at radius 3 is 2.81 bits per heavy atom. The number of amides is 1. The van der Waals surface area contributed by atoms with Crippen molar-refractivity contribution in [3.05, 3.63) is 59.9 Å². The third kappa shape index (κ3) is 2.73. The van der Waals surface area contributed by atoms with Crippen LogP contribution in [0.5, 0.6) is 0 Å². The van der Waals surface area contributed by atoms with Gasteiger partial charge < -0.3 is 5.32 Å². The molecular formula is C17H13ClN2O. The zero-order chi connectivity index (χ0) is 14.8. The van der Waals surface area contributed by atoms with Crippen LogP contribution in [0.1, 0.15) is 6.92 Å². The normalized spacial score (nSPS) is 10.6. The highest BCUT2D eigenvalue weighted by Crippen LogP contribution is 2.35. The molecule has 0 aliphatic carbocycles. The Morgan fingerprint density at radius 1 is 1.14 bits per heavy atom. The number of nitrogens with zero attached hydrogens (tertiary/aromatic N) is 1. The maximum absolute atomic E-state index is 11.4. The summed E-state index contributed by atoms with van der Waals surface area (Å²) in [5.41, 5.74) is 2.66. The Balaban J connectivity index is 2.27. The molecule has 1 amide bonds. The fourth-order valence-corrected chi connectivity index (χ4v) is 2.57. The van der Waals surface area contributed by atoms with Crippen LogP contribution < -0.4 is 5.32 Å². The molecule has 2 aromatic carbocycles. The number of hydrogen-bond donors (Lipinski definition) is 1. The van der Waals surface area contributed by atoms with Gasteiger partial charge in [0.1, 0.15) is 0 Å². The van der Waals surface area contributed by atoms with E-state index in [1.165, 1.54) is 6.92 Å². The molecule has 4 heteroatoms. The topological polar surface area (TPSA) is 42.0 Å². The van der Waals surface area contributed by atoms with Gasteiger partial charge in [0.05, 0.1) is 0 Å². The van der Waals surface area contributed by atoms with Gasteiger partial charge in [0.2, 0.25) is 5.91 Å². The molecule has 0 fully saturated rings. The van der Waals surface area contributed by atoms with Crippen LogP contribution in [0, 0.1) is 0 Å². The number of aromatic nitrogens is 1. The van der Waals surface area contributed by atoms with Crippen LogP contribution >= 0.6 is 11.6 Å². The van der Waals surface area contributed by atoms with E-state index in [1.807, 2.05) is 42.6 Å². The molecule has 0 saturated carbocycles. The Hall–Kier alpha value is -2.39. The predicted molar refractivity (Wildman–Crippen MR) is 86.5 cm³/mol. The molecule has 1 N–H and O–H groups in total. The predicted octanol–water partition coefficient (Wildman–Crippen LogP) is 4.51. The average molecular weight is 297 g/mol. The molecular weight excluding hydrogens is 284 g/mol. The van der Waals surface area contributed by atoms with Gasteiger partial charge >= 0.3 is 0 Å². The summed E-state index contributed by atoms with van der Waals surface area (Å²) in [6, 6.07) is 13.4. The molecule has 21 heavy (non-hydrogen) atoms. The largest absolute Gasteiger partial charge is 0.326 e. The highest BCUT2D eigenvalue weighted by Gasteiger charge is 2.10. The summed E-state index contributed by atoms with van der Waals surface area (Å²) >= 11 is 6.13. The van der Waals surface area contributed by atoms with E-state index in [1.54, 1.807) is 12.3 Å². The number of anilines is 1. The molecule has 0 spiro atoms. The Bertz CT molecular complexity index is 825. The molecule has 0 saturated heterocycles. The number of benzene rings is 2. The van der Waals surface area contributed by atoms with E-state index in [0.29, 0.717) is 5.02 Å². The minimum atomic E-state index is -0.111. The van der Waals surface area contributed by atoms with Crippen LogP contribution in [0.2, 0.25) is 5.02 Å². The minimum Gasteiger partial charge on any atom is -0.326 e. The maximum atomic E-state index is 11.4. The SMILES string of the molecule is CC(=O)Nc1ccc(Cl)cc1-c1cccc2cnccc12. The van der Waals surface area contributed by atoms with Gasteiger partial charge in [0.25, 0.3) is 0 Å². The van der Waals surface area contributed by atoms with Crippen LogP contribution in [0.15, 0.2) is 54.9 Å². The molecule has 0 aliphatic heterocycles. The van der Waals surface area contributed by atoms with Gasteiger partial charge in [-0.1, -0.05) is 29.8 Å². The molecule has 0 bridgehead atoms. The standard InChI is InChI=1S/C17H13ClN2O/c1-11(21)20-17-6-5-13(18)9-16(17)15-4-2-3-12-10-19-8-7-14(12)15/h2-10H,1H3,(H,20,21). The first-order valence-corrected chi connectivity index (χ1v) is 6.93. The van der Waals surface area contributed by atoms with Crippen molar-refractivity contribution < 1.29 is 4.79 Å². The Kier molecular flexibility index (Phi) is 3.59. The summed E-state index contributed by atoms with van der Waals surface area (Å²) in [6.07, 6.45) is 3.58. The zero-order valence-corrected chi connectivity index (χ0v) is 12.2. The molecule has 0 aliphatic rings. The zero-order valence-electron chi connectivity index (χ0n) is 11.4. The average Bonchev–Trinajstić information content (AvgIpc) is 2.48. The fraction of sp³-hybridized carbons (Fsp3) is 0.0588. The van der Waals surface area contributed by atoms with Crippen molar-refractivity contribution in [3.8, 4) is 11.1 Å². The van der Waals surface area contributed by atoms with Crippen molar-refractivity contribution in [1.29, 1.82) is 0 Å². The van der Waals surface area contributed by atoms with Crippen molar-refractivity contribution in [2.75, 3.05) is 5.32 Å².